The normalized spacial score (nSPS) is 9.82. The van der Waals surface area contributed by atoms with E-state index in [-0.39, 0.29) is 0 Å². The first-order chi connectivity index (χ1) is 5.47. The summed E-state index contributed by atoms with van der Waals surface area (Å²) in [5, 5.41) is 10.4. The summed E-state index contributed by atoms with van der Waals surface area (Å²) < 4.78 is 0. The molecule has 0 fully saturated rings. The van der Waals surface area contributed by atoms with Crippen LogP contribution < -0.4 is 0 Å². The van der Waals surface area contributed by atoms with Crippen LogP contribution in [0.3, 0.4) is 0 Å². The zero-order chi connectivity index (χ0) is 7.52. The second-order valence-corrected chi connectivity index (χ2v) is 2.86. The van der Waals surface area contributed by atoms with Crippen molar-refractivity contribution in [3.8, 4) is 10.6 Å². The van der Waals surface area contributed by atoms with Crippen molar-refractivity contribution in [2.75, 3.05) is 0 Å². The minimum absolute atomic E-state index is 0.986. The molecule has 3 nitrogen and oxygen atoms in total. The van der Waals surface area contributed by atoms with Crippen LogP contribution >= 0.6 is 11.3 Å². The highest BCUT2D eigenvalue weighted by Gasteiger charge is 1.97. The fourth-order valence-corrected chi connectivity index (χ4v) is 1.41. The highest BCUT2D eigenvalue weighted by atomic mass is 32.1. The Bertz CT molecular complexity index is 317. The molecule has 2 heterocycles. The lowest BCUT2D eigenvalue weighted by Gasteiger charge is -1.90. The highest BCUT2D eigenvalue weighted by Crippen LogP contribution is 2.18. The van der Waals surface area contributed by atoms with Gasteiger partial charge in [-0.25, -0.2) is 4.98 Å². The fraction of sp³-hybridized carbons (Fsp3) is 0. The minimum Gasteiger partial charge on any atom is -0.244 e. The minimum atomic E-state index is 0.986. The van der Waals surface area contributed by atoms with Crippen molar-refractivity contribution in [3.05, 3.63) is 30.0 Å². The van der Waals surface area contributed by atoms with E-state index in [0.29, 0.717) is 0 Å². The average molecular weight is 163 g/mol. The molecule has 2 rings (SSSR count). The number of rotatable bonds is 1. The molecule has 4 heteroatoms. The average Bonchev–Trinajstić information content (AvgIpc) is 2.58. The third kappa shape index (κ3) is 1.25. The first-order valence-electron chi connectivity index (χ1n) is 3.13. The quantitative estimate of drug-likeness (QED) is 0.641. The van der Waals surface area contributed by atoms with E-state index in [4.69, 9.17) is 0 Å². The van der Waals surface area contributed by atoms with Crippen molar-refractivity contribution in [2.45, 2.75) is 0 Å². The van der Waals surface area contributed by atoms with Crippen LogP contribution in [-0.4, -0.2) is 15.2 Å². The van der Waals surface area contributed by atoms with E-state index < -0.39 is 0 Å². The zero-order valence-corrected chi connectivity index (χ0v) is 6.45. The van der Waals surface area contributed by atoms with Crippen molar-refractivity contribution in [2.24, 2.45) is 0 Å². The van der Waals surface area contributed by atoms with Gasteiger partial charge in [0.15, 0.2) is 0 Å². The molecule has 0 radical (unpaired) electrons. The summed E-state index contributed by atoms with van der Waals surface area (Å²) >= 11 is 1.60. The summed E-state index contributed by atoms with van der Waals surface area (Å²) in [6.07, 6.45) is 5.15. The molecule has 0 aliphatic rings. The van der Waals surface area contributed by atoms with Crippen LogP contribution in [-0.2, 0) is 0 Å². The van der Waals surface area contributed by atoms with Gasteiger partial charge < -0.3 is 0 Å². The Balaban J connectivity index is 2.46. The number of aromatic nitrogens is 3. The Kier molecular flexibility index (Phi) is 1.61. The van der Waals surface area contributed by atoms with Gasteiger partial charge in [-0.05, 0) is 6.07 Å². The third-order valence-electron chi connectivity index (χ3n) is 1.26. The Morgan fingerprint density at radius 2 is 2.18 bits per heavy atom. The molecule has 2 aromatic rings. The van der Waals surface area contributed by atoms with Crippen molar-refractivity contribution in [1.82, 2.24) is 15.2 Å². The van der Waals surface area contributed by atoms with Crippen molar-refractivity contribution < 1.29 is 0 Å². The van der Waals surface area contributed by atoms with Gasteiger partial charge in [0.05, 0.1) is 12.4 Å². The molecule has 11 heavy (non-hydrogen) atoms. The molecule has 0 spiro atoms. The molecule has 0 unspecified atom stereocenters. The SMILES string of the molecule is c1cc(-c2nccs2)cnn1. The lowest BCUT2D eigenvalue weighted by Crippen LogP contribution is -1.79. The summed E-state index contributed by atoms with van der Waals surface area (Å²) in [6, 6.07) is 1.89. The van der Waals surface area contributed by atoms with E-state index in [1.807, 2.05) is 11.4 Å². The number of nitrogens with zero attached hydrogens (tertiary/aromatic N) is 3. The van der Waals surface area contributed by atoms with E-state index >= 15 is 0 Å². The number of thiazole rings is 1. The molecule has 0 amide bonds. The van der Waals surface area contributed by atoms with Crippen LogP contribution in [0.2, 0.25) is 0 Å². The largest absolute Gasteiger partial charge is 0.244 e. The van der Waals surface area contributed by atoms with E-state index in [9.17, 15) is 0 Å². The maximum Gasteiger partial charge on any atom is 0.124 e. The molecule has 0 aromatic carbocycles. The van der Waals surface area contributed by atoms with Gasteiger partial charge in [-0.2, -0.15) is 10.2 Å². The van der Waals surface area contributed by atoms with Crippen LogP contribution in [0, 0.1) is 0 Å². The summed E-state index contributed by atoms with van der Waals surface area (Å²) in [5.41, 5.74) is 1.02. The molecule has 2 aromatic heterocycles. The van der Waals surface area contributed by atoms with Crippen molar-refractivity contribution >= 4 is 11.3 Å². The van der Waals surface area contributed by atoms with Gasteiger partial charge in [0, 0.05) is 17.1 Å². The molecule has 0 saturated carbocycles. The molecule has 0 N–H and O–H groups in total. The standard InChI is InChI=1S/C7H5N3S/c1-2-9-10-5-6(1)7-8-3-4-11-7/h1-5H. The predicted octanol–water partition coefficient (Wildman–Crippen LogP) is 1.60. The molecule has 0 aliphatic carbocycles. The van der Waals surface area contributed by atoms with Crippen LogP contribution in [0.1, 0.15) is 0 Å². The van der Waals surface area contributed by atoms with Gasteiger partial charge >= 0.3 is 0 Å². The first-order valence-corrected chi connectivity index (χ1v) is 4.01. The summed E-state index contributed by atoms with van der Waals surface area (Å²) in [5.74, 6) is 0. The maximum atomic E-state index is 4.14. The van der Waals surface area contributed by atoms with Gasteiger partial charge in [-0.15, -0.1) is 11.3 Å². The summed E-state index contributed by atoms with van der Waals surface area (Å²) in [4.78, 5) is 4.14. The number of hydrogen-bond donors (Lipinski definition) is 0. The lowest BCUT2D eigenvalue weighted by atomic mass is 10.3. The van der Waals surface area contributed by atoms with Crippen LogP contribution in [0.25, 0.3) is 10.6 Å². The number of hydrogen-bond acceptors (Lipinski definition) is 4. The lowest BCUT2D eigenvalue weighted by molar-refractivity contribution is 1.03. The zero-order valence-electron chi connectivity index (χ0n) is 5.64. The third-order valence-corrected chi connectivity index (χ3v) is 2.09. The van der Waals surface area contributed by atoms with Crippen molar-refractivity contribution in [1.29, 1.82) is 0 Å². The first kappa shape index (κ1) is 6.42. The second kappa shape index (κ2) is 2.75. The van der Waals surface area contributed by atoms with Crippen LogP contribution in [0.4, 0.5) is 0 Å². The van der Waals surface area contributed by atoms with E-state index in [0.717, 1.165) is 10.6 Å². The highest BCUT2D eigenvalue weighted by molar-refractivity contribution is 7.13. The van der Waals surface area contributed by atoms with Gasteiger partial charge in [0.1, 0.15) is 5.01 Å². The predicted molar refractivity (Wildman–Crippen MR) is 43.1 cm³/mol. The van der Waals surface area contributed by atoms with Gasteiger partial charge in [0.2, 0.25) is 0 Å². The smallest absolute Gasteiger partial charge is 0.124 e. The molecule has 0 bridgehead atoms. The van der Waals surface area contributed by atoms with Gasteiger partial charge in [-0.1, -0.05) is 0 Å². The Hall–Kier alpha value is -1.29. The van der Waals surface area contributed by atoms with Crippen LogP contribution in [0.5, 0.6) is 0 Å². The van der Waals surface area contributed by atoms with Gasteiger partial charge in [0.25, 0.3) is 0 Å². The molecule has 0 atom stereocenters. The molecular formula is C7H5N3S. The second-order valence-electron chi connectivity index (χ2n) is 1.97. The molecular weight excluding hydrogens is 158 g/mol. The fourth-order valence-electron chi connectivity index (χ4n) is 0.783. The van der Waals surface area contributed by atoms with E-state index in [1.54, 1.807) is 29.9 Å². The van der Waals surface area contributed by atoms with Crippen LogP contribution in [0.15, 0.2) is 30.0 Å². The van der Waals surface area contributed by atoms with E-state index in [2.05, 4.69) is 15.2 Å². The monoisotopic (exact) mass is 163 g/mol. The molecule has 0 aliphatic heterocycles. The van der Waals surface area contributed by atoms with E-state index in [1.165, 1.54) is 0 Å². The Morgan fingerprint density at radius 3 is 2.82 bits per heavy atom. The topological polar surface area (TPSA) is 38.7 Å². The van der Waals surface area contributed by atoms with Crippen molar-refractivity contribution in [3.63, 3.8) is 0 Å². The van der Waals surface area contributed by atoms with Gasteiger partial charge in [-0.3, -0.25) is 0 Å². The summed E-state index contributed by atoms with van der Waals surface area (Å²) in [6.45, 7) is 0. The Labute approximate surface area is 67.8 Å². The molecule has 54 valence electrons. The summed E-state index contributed by atoms with van der Waals surface area (Å²) in [7, 11) is 0. The maximum absolute atomic E-state index is 4.14. The molecule has 0 saturated heterocycles. The Morgan fingerprint density at radius 1 is 1.18 bits per heavy atom.